The zero-order chi connectivity index (χ0) is 20.9. The Morgan fingerprint density at radius 3 is 2.66 bits per heavy atom. The number of urea groups is 1. The van der Waals surface area contributed by atoms with Gasteiger partial charge in [-0.3, -0.25) is 0 Å². The molecule has 2 saturated heterocycles. The topological polar surface area (TPSA) is 94.2 Å². The molecule has 2 heterocycles. The number of benzene rings is 1. The van der Waals surface area contributed by atoms with Gasteiger partial charge in [0.05, 0.1) is 31.3 Å². The van der Waals surface area contributed by atoms with E-state index in [0.29, 0.717) is 38.5 Å². The third kappa shape index (κ3) is 6.07. The van der Waals surface area contributed by atoms with Crippen molar-refractivity contribution < 1.29 is 27.4 Å². The third-order valence-electron chi connectivity index (χ3n) is 5.33. The number of carbonyl (C=O) groups is 1. The highest BCUT2D eigenvalue weighted by Gasteiger charge is 2.34. The third-order valence-corrected chi connectivity index (χ3v) is 7.08. The van der Waals surface area contributed by atoms with Crippen molar-refractivity contribution in [3.8, 4) is 5.75 Å². The van der Waals surface area contributed by atoms with Crippen molar-refractivity contribution >= 4 is 21.6 Å². The van der Waals surface area contributed by atoms with Gasteiger partial charge in [0.15, 0.2) is 9.84 Å². The summed E-state index contributed by atoms with van der Waals surface area (Å²) in [5.74, 6) is 0.917. The molecule has 8 nitrogen and oxygen atoms in total. The van der Waals surface area contributed by atoms with Gasteiger partial charge in [0.25, 0.3) is 0 Å². The number of carbonyl (C=O) groups excluding carboxylic acids is 1. The van der Waals surface area contributed by atoms with E-state index in [1.807, 2.05) is 19.1 Å². The van der Waals surface area contributed by atoms with Gasteiger partial charge >= 0.3 is 6.03 Å². The second-order valence-corrected chi connectivity index (χ2v) is 9.81. The van der Waals surface area contributed by atoms with Crippen molar-refractivity contribution in [2.75, 3.05) is 50.3 Å². The Labute approximate surface area is 172 Å². The standard InChI is InChI=1S/C20H30N2O6S/c1-15-13-16(3-4-19(15)28-18-5-9-27-10-6-18)21-20(23)22(8-11-26-2)17-7-12-29(24,25)14-17/h3-4,13,17-18H,5-12,14H2,1-2H3,(H,21,23). The normalized spacial score (nSPS) is 21.7. The molecule has 2 aliphatic heterocycles. The Morgan fingerprint density at radius 1 is 1.28 bits per heavy atom. The highest BCUT2D eigenvalue weighted by Crippen LogP contribution is 2.26. The van der Waals surface area contributed by atoms with Crippen LogP contribution < -0.4 is 10.1 Å². The van der Waals surface area contributed by atoms with Crippen molar-refractivity contribution in [1.82, 2.24) is 4.90 Å². The van der Waals surface area contributed by atoms with Crippen LogP contribution in [0, 0.1) is 6.92 Å². The molecule has 162 valence electrons. The first-order valence-corrected chi connectivity index (χ1v) is 11.8. The first-order chi connectivity index (χ1) is 13.9. The lowest BCUT2D eigenvalue weighted by atomic mass is 10.1. The molecule has 0 aromatic heterocycles. The van der Waals surface area contributed by atoms with E-state index in [-0.39, 0.29) is 29.7 Å². The van der Waals surface area contributed by atoms with E-state index in [9.17, 15) is 13.2 Å². The van der Waals surface area contributed by atoms with E-state index >= 15 is 0 Å². The van der Waals surface area contributed by atoms with Crippen LogP contribution in [-0.2, 0) is 19.3 Å². The minimum atomic E-state index is -3.09. The molecule has 1 aromatic rings. The summed E-state index contributed by atoms with van der Waals surface area (Å²) >= 11 is 0. The predicted octanol–water partition coefficient (Wildman–Crippen LogP) is 2.22. The van der Waals surface area contributed by atoms with Crippen LogP contribution in [0.2, 0.25) is 0 Å². The van der Waals surface area contributed by atoms with Crippen molar-refractivity contribution in [2.45, 2.75) is 38.3 Å². The SMILES string of the molecule is COCCN(C(=O)Nc1ccc(OC2CCOCC2)c(C)c1)C1CCS(=O)(=O)C1. The number of hydrogen-bond donors (Lipinski definition) is 1. The fraction of sp³-hybridized carbons (Fsp3) is 0.650. The Kier molecular flexibility index (Phi) is 7.37. The highest BCUT2D eigenvalue weighted by atomic mass is 32.2. The van der Waals surface area contributed by atoms with E-state index < -0.39 is 9.84 Å². The number of rotatable bonds is 7. The maximum absolute atomic E-state index is 12.8. The first kappa shape index (κ1) is 21.9. The van der Waals surface area contributed by atoms with Crippen LogP contribution in [0.4, 0.5) is 10.5 Å². The van der Waals surface area contributed by atoms with Crippen molar-refractivity contribution in [1.29, 1.82) is 0 Å². The minimum absolute atomic E-state index is 0.00103. The van der Waals surface area contributed by atoms with Gasteiger partial charge < -0.3 is 24.4 Å². The van der Waals surface area contributed by atoms with Gasteiger partial charge in [0.2, 0.25) is 0 Å². The molecule has 9 heteroatoms. The summed E-state index contributed by atoms with van der Waals surface area (Å²) in [4.78, 5) is 14.4. The Hall–Kier alpha value is -1.84. The molecule has 2 aliphatic rings. The second kappa shape index (κ2) is 9.77. The largest absolute Gasteiger partial charge is 0.490 e. The van der Waals surface area contributed by atoms with Crippen molar-refractivity contribution in [2.24, 2.45) is 0 Å². The summed E-state index contributed by atoms with van der Waals surface area (Å²) in [7, 11) is -1.53. The van der Waals surface area contributed by atoms with E-state index in [1.54, 1.807) is 18.1 Å². The number of hydrogen-bond acceptors (Lipinski definition) is 6. The molecule has 29 heavy (non-hydrogen) atoms. The number of amides is 2. The van der Waals surface area contributed by atoms with E-state index in [4.69, 9.17) is 14.2 Å². The molecule has 1 unspecified atom stereocenters. The lowest BCUT2D eigenvalue weighted by Gasteiger charge is -2.28. The summed E-state index contributed by atoms with van der Waals surface area (Å²) in [5.41, 5.74) is 1.58. The molecule has 0 spiro atoms. The Balaban J connectivity index is 1.64. The van der Waals surface area contributed by atoms with Gasteiger partial charge in [-0.05, 0) is 37.1 Å². The van der Waals surface area contributed by atoms with Gasteiger partial charge in [-0.1, -0.05) is 0 Å². The summed E-state index contributed by atoms with van der Waals surface area (Å²) in [6, 6.07) is 4.89. The minimum Gasteiger partial charge on any atom is -0.490 e. The second-order valence-electron chi connectivity index (χ2n) is 7.58. The number of sulfone groups is 1. The molecular formula is C20H30N2O6S. The highest BCUT2D eigenvalue weighted by molar-refractivity contribution is 7.91. The molecule has 0 radical (unpaired) electrons. The first-order valence-electron chi connectivity index (χ1n) is 10.00. The van der Waals surface area contributed by atoms with Gasteiger partial charge in [0.1, 0.15) is 11.9 Å². The molecule has 2 fully saturated rings. The molecule has 0 bridgehead atoms. The molecule has 2 amide bonds. The number of aryl methyl sites for hydroxylation is 1. The van der Waals surface area contributed by atoms with E-state index in [1.165, 1.54) is 0 Å². The van der Waals surface area contributed by atoms with Crippen molar-refractivity contribution in [3.05, 3.63) is 23.8 Å². The average molecular weight is 427 g/mol. The molecule has 1 atom stereocenters. The van der Waals surface area contributed by atoms with E-state index in [2.05, 4.69) is 5.32 Å². The molecule has 1 aromatic carbocycles. The maximum atomic E-state index is 12.8. The molecule has 0 aliphatic carbocycles. The lowest BCUT2D eigenvalue weighted by molar-refractivity contribution is 0.0253. The van der Waals surface area contributed by atoms with Gasteiger partial charge in [-0.15, -0.1) is 0 Å². The quantitative estimate of drug-likeness (QED) is 0.719. The maximum Gasteiger partial charge on any atom is 0.322 e. The fourth-order valence-electron chi connectivity index (χ4n) is 3.69. The summed E-state index contributed by atoms with van der Waals surface area (Å²) in [5, 5.41) is 2.89. The summed E-state index contributed by atoms with van der Waals surface area (Å²) in [6.45, 7) is 4.06. The lowest BCUT2D eigenvalue weighted by Crippen LogP contribution is -2.45. The van der Waals surface area contributed by atoms with Gasteiger partial charge in [-0.2, -0.15) is 0 Å². The summed E-state index contributed by atoms with van der Waals surface area (Å²) in [6.07, 6.45) is 2.35. The number of methoxy groups -OCH3 is 1. The monoisotopic (exact) mass is 426 g/mol. The average Bonchev–Trinajstić information content (AvgIpc) is 3.04. The van der Waals surface area contributed by atoms with Crippen LogP contribution in [0.25, 0.3) is 0 Å². The number of ether oxygens (including phenoxy) is 3. The smallest absolute Gasteiger partial charge is 0.322 e. The predicted molar refractivity (Wildman–Crippen MR) is 110 cm³/mol. The van der Waals surface area contributed by atoms with Crippen LogP contribution in [0.15, 0.2) is 18.2 Å². The van der Waals surface area contributed by atoms with Gasteiger partial charge in [0, 0.05) is 38.2 Å². The van der Waals surface area contributed by atoms with Crippen LogP contribution in [0.3, 0.4) is 0 Å². The summed E-state index contributed by atoms with van der Waals surface area (Å²) < 4.78 is 40.2. The molecule has 0 saturated carbocycles. The molecular weight excluding hydrogens is 396 g/mol. The number of nitrogens with zero attached hydrogens (tertiary/aromatic N) is 1. The van der Waals surface area contributed by atoms with E-state index in [0.717, 1.165) is 24.2 Å². The van der Waals surface area contributed by atoms with Crippen molar-refractivity contribution in [3.63, 3.8) is 0 Å². The van der Waals surface area contributed by atoms with Crippen LogP contribution in [0.5, 0.6) is 5.75 Å². The zero-order valence-electron chi connectivity index (χ0n) is 17.1. The molecule has 3 rings (SSSR count). The zero-order valence-corrected chi connectivity index (χ0v) is 17.9. The van der Waals surface area contributed by atoms with Gasteiger partial charge in [-0.25, -0.2) is 13.2 Å². The number of nitrogens with one attached hydrogen (secondary N) is 1. The van der Waals surface area contributed by atoms with Crippen LogP contribution in [0.1, 0.15) is 24.8 Å². The fourth-order valence-corrected chi connectivity index (χ4v) is 5.42. The Bertz CT molecular complexity index is 807. The van der Waals surface area contributed by atoms with Crippen LogP contribution in [-0.4, -0.2) is 76.5 Å². The molecule has 1 N–H and O–H groups in total. The number of anilines is 1. The van der Waals surface area contributed by atoms with Crippen LogP contribution >= 0.6 is 0 Å². The Morgan fingerprint density at radius 2 is 2.03 bits per heavy atom.